The second-order valence-corrected chi connectivity index (χ2v) is 6.80. The molecule has 4 aromatic rings. The molecule has 1 fully saturated rings. The number of aromatic nitrogens is 6. The highest BCUT2D eigenvalue weighted by Gasteiger charge is 2.44. The average Bonchev–Trinajstić information content (AvgIpc) is 3.04. The summed E-state index contributed by atoms with van der Waals surface area (Å²) in [6.07, 6.45) is 6.87. The van der Waals surface area contributed by atoms with Crippen molar-refractivity contribution in [1.29, 1.82) is 0 Å². The van der Waals surface area contributed by atoms with Gasteiger partial charge in [-0.05, 0) is 32.4 Å². The van der Waals surface area contributed by atoms with Crippen molar-refractivity contribution in [3.63, 3.8) is 0 Å². The summed E-state index contributed by atoms with van der Waals surface area (Å²) in [5.74, 6) is 1.54. The van der Waals surface area contributed by atoms with Crippen LogP contribution in [0.25, 0.3) is 11.3 Å². The summed E-state index contributed by atoms with van der Waals surface area (Å²) in [6.45, 7) is 3.95. The predicted octanol–water partition coefficient (Wildman–Crippen LogP) is 3.31. The van der Waals surface area contributed by atoms with Gasteiger partial charge in [0.2, 0.25) is 0 Å². The summed E-state index contributed by atoms with van der Waals surface area (Å²) in [6, 6.07) is 3.79. The molecular formula is C17H15ClN6. The number of aryl methyl sites for hydroxylation is 2. The number of imidazole rings is 1. The summed E-state index contributed by atoms with van der Waals surface area (Å²) in [5.41, 5.74) is 4.59. The normalized spacial score (nSPS) is 20.1. The van der Waals surface area contributed by atoms with E-state index in [0.717, 1.165) is 40.6 Å². The summed E-state index contributed by atoms with van der Waals surface area (Å²) in [4.78, 5) is 13.8. The molecule has 0 radical (unpaired) electrons. The minimum Gasteiger partial charge on any atom is -0.306 e. The SMILES string of the molecule is Cc1ncc(C)n2nc(C3CC3c3cn4cccc(Cl)c4n3)nc12. The van der Waals surface area contributed by atoms with Crippen molar-refractivity contribution in [3.8, 4) is 0 Å². The van der Waals surface area contributed by atoms with E-state index in [1.54, 1.807) is 0 Å². The number of pyridine rings is 1. The van der Waals surface area contributed by atoms with Crippen molar-refractivity contribution in [2.45, 2.75) is 32.1 Å². The Morgan fingerprint density at radius 2 is 2.04 bits per heavy atom. The van der Waals surface area contributed by atoms with Crippen molar-refractivity contribution in [2.75, 3.05) is 0 Å². The van der Waals surface area contributed by atoms with Gasteiger partial charge in [-0.3, -0.25) is 4.98 Å². The van der Waals surface area contributed by atoms with E-state index in [2.05, 4.69) is 16.3 Å². The highest BCUT2D eigenvalue weighted by molar-refractivity contribution is 6.33. The number of nitrogens with zero attached hydrogens (tertiary/aromatic N) is 6. The zero-order valence-electron chi connectivity index (χ0n) is 13.3. The number of hydrogen-bond donors (Lipinski definition) is 0. The molecule has 0 aliphatic heterocycles. The molecule has 1 saturated carbocycles. The van der Waals surface area contributed by atoms with Gasteiger partial charge in [0.1, 0.15) is 0 Å². The van der Waals surface area contributed by atoms with Gasteiger partial charge in [0, 0.05) is 30.4 Å². The molecule has 4 heterocycles. The summed E-state index contributed by atoms with van der Waals surface area (Å²) in [5, 5.41) is 5.36. The van der Waals surface area contributed by atoms with Crippen LogP contribution >= 0.6 is 11.6 Å². The largest absolute Gasteiger partial charge is 0.306 e. The quantitative estimate of drug-likeness (QED) is 0.562. The maximum atomic E-state index is 6.22. The van der Waals surface area contributed by atoms with E-state index in [4.69, 9.17) is 21.6 Å². The van der Waals surface area contributed by atoms with Crippen molar-refractivity contribution in [3.05, 3.63) is 58.7 Å². The molecule has 7 heteroatoms. The molecule has 120 valence electrons. The molecule has 4 aromatic heterocycles. The van der Waals surface area contributed by atoms with Crippen LogP contribution in [0.1, 0.15) is 41.2 Å². The van der Waals surface area contributed by atoms with E-state index < -0.39 is 0 Å². The molecule has 0 N–H and O–H groups in total. The van der Waals surface area contributed by atoms with Gasteiger partial charge in [-0.25, -0.2) is 14.5 Å². The van der Waals surface area contributed by atoms with E-state index in [1.807, 2.05) is 47.3 Å². The van der Waals surface area contributed by atoms with Gasteiger partial charge in [-0.15, -0.1) is 0 Å². The Labute approximate surface area is 143 Å². The maximum absolute atomic E-state index is 6.22. The van der Waals surface area contributed by atoms with E-state index >= 15 is 0 Å². The average molecular weight is 339 g/mol. The third-order valence-corrected chi connectivity index (χ3v) is 4.98. The van der Waals surface area contributed by atoms with Gasteiger partial charge in [-0.1, -0.05) is 11.6 Å². The Hall–Kier alpha value is -2.47. The van der Waals surface area contributed by atoms with Crippen molar-refractivity contribution >= 4 is 22.9 Å². The first kappa shape index (κ1) is 13.9. The molecule has 24 heavy (non-hydrogen) atoms. The molecule has 5 rings (SSSR count). The van der Waals surface area contributed by atoms with Crippen molar-refractivity contribution in [1.82, 2.24) is 29.0 Å². The molecule has 0 saturated heterocycles. The van der Waals surface area contributed by atoms with Gasteiger partial charge < -0.3 is 4.40 Å². The zero-order chi connectivity index (χ0) is 16.4. The van der Waals surface area contributed by atoms with Crippen molar-refractivity contribution < 1.29 is 0 Å². The van der Waals surface area contributed by atoms with Crippen LogP contribution in [0.2, 0.25) is 5.02 Å². The maximum Gasteiger partial charge on any atom is 0.177 e. The van der Waals surface area contributed by atoms with Crippen LogP contribution < -0.4 is 0 Å². The lowest BCUT2D eigenvalue weighted by Gasteiger charge is -1.97. The number of hydrogen-bond acceptors (Lipinski definition) is 4. The van der Waals surface area contributed by atoms with Crippen LogP contribution in [0.4, 0.5) is 0 Å². The minimum absolute atomic E-state index is 0.312. The van der Waals surface area contributed by atoms with Crippen LogP contribution in [-0.4, -0.2) is 29.0 Å². The van der Waals surface area contributed by atoms with Crippen LogP contribution in [0.5, 0.6) is 0 Å². The predicted molar refractivity (Wildman–Crippen MR) is 90.6 cm³/mol. The molecule has 0 aromatic carbocycles. The molecule has 6 nitrogen and oxygen atoms in total. The fraction of sp³-hybridized carbons (Fsp3) is 0.294. The number of halogens is 1. The first-order valence-corrected chi connectivity index (χ1v) is 8.31. The van der Waals surface area contributed by atoms with Gasteiger partial charge in [-0.2, -0.15) is 5.10 Å². The standard InChI is InChI=1S/C17H15ClN6/c1-9-7-19-10(2)16-21-15(22-24(9)16)12-6-11(12)14-8-23-5-3-4-13(18)17(23)20-14/h3-5,7-8,11-12H,6H2,1-2H3. The Morgan fingerprint density at radius 3 is 2.83 bits per heavy atom. The fourth-order valence-corrected chi connectivity index (χ4v) is 3.46. The zero-order valence-corrected chi connectivity index (χ0v) is 14.1. The Kier molecular flexibility index (Phi) is 2.77. The van der Waals surface area contributed by atoms with Crippen molar-refractivity contribution in [2.24, 2.45) is 0 Å². The minimum atomic E-state index is 0.312. The highest BCUT2D eigenvalue weighted by Crippen LogP contribution is 2.53. The van der Waals surface area contributed by atoms with Gasteiger partial charge >= 0.3 is 0 Å². The lowest BCUT2D eigenvalue weighted by Crippen LogP contribution is -1.97. The second-order valence-electron chi connectivity index (χ2n) is 6.39. The number of rotatable bonds is 2. The summed E-state index contributed by atoms with van der Waals surface area (Å²) in [7, 11) is 0. The lowest BCUT2D eigenvalue weighted by atomic mass is 10.2. The number of fused-ring (bicyclic) bond motifs is 2. The molecule has 2 unspecified atom stereocenters. The topological polar surface area (TPSA) is 60.4 Å². The highest BCUT2D eigenvalue weighted by atomic mass is 35.5. The lowest BCUT2D eigenvalue weighted by molar-refractivity contribution is 0.829. The monoisotopic (exact) mass is 338 g/mol. The Bertz CT molecular complexity index is 1060. The van der Waals surface area contributed by atoms with Crippen LogP contribution in [-0.2, 0) is 0 Å². The van der Waals surface area contributed by atoms with Crippen LogP contribution in [0.3, 0.4) is 0 Å². The molecule has 2 atom stereocenters. The molecule has 0 spiro atoms. The van der Waals surface area contributed by atoms with E-state index in [-0.39, 0.29) is 0 Å². The van der Waals surface area contributed by atoms with Gasteiger partial charge in [0.25, 0.3) is 0 Å². The second kappa shape index (κ2) is 4.77. The van der Waals surface area contributed by atoms with Gasteiger partial charge in [0.05, 0.1) is 22.1 Å². The van der Waals surface area contributed by atoms with Crippen LogP contribution in [0, 0.1) is 13.8 Å². The first-order chi connectivity index (χ1) is 11.6. The van der Waals surface area contributed by atoms with E-state index in [9.17, 15) is 0 Å². The first-order valence-electron chi connectivity index (χ1n) is 7.94. The molecule has 1 aliphatic rings. The molecule has 1 aliphatic carbocycles. The Balaban J connectivity index is 1.52. The molecule has 0 amide bonds. The van der Waals surface area contributed by atoms with E-state index in [0.29, 0.717) is 16.9 Å². The third kappa shape index (κ3) is 1.96. The molecule has 0 bridgehead atoms. The van der Waals surface area contributed by atoms with Gasteiger partial charge in [0.15, 0.2) is 17.1 Å². The van der Waals surface area contributed by atoms with E-state index in [1.165, 1.54) is 0 Å². The summed E-state index contributed by atoms with van der Waals surface area (Å²) < 4.78 is 3.86. The Morgan fingerprint density at radius 1 is 1.17 bits per heavy atom. The third-order valence-electron chi connectivity index (χ3n) is 4.68. The van der Waals surface area contributed by atoms with Crippen LogP contribution in [0.15, 0.2) is 30.7 Å². The smallest absolute Gasteiger partial charge is 0.177 e. The summed E-state index contributed by atoms with van der Waals surface area (Å²) >= 11 is 6.22. The fourth-order valence-electron chi connectivity index (χ4n) is 3.25. The molecular weight excluding hydrogens is 324 g/mol.